The number of hydrogen-bond acceptors (Lipinski definition) is 4. The standard InChI is InChI=1S/C16H24N2O2/c1-12-13(10-17-14-6-7-14)5-8-16(18-12)20-11-15-4-2-3-9-19-15/h5,8,14-15,17H,2-4,6-7,9-11H2,1H3. The summed E-state index contributed by atoms with van der Waals surface area (Å²) >= 11 is 0. The van der Waals surface area contributed by atoms with Crippen LogP contribution in [0.4, 0.5) is 0 Å². The Morgan fingerprint density at radius 3 is 2.90 bits per heavy atom. The summed E-state index contributed by atoms with van der Waals surface area (Å²) in [6, 6.07) is 4.82. The molecule has 0 amide bonds. The second-order valence-corrected chi connectivity index (χ2v) is 5.85. The van der Waals surface area contributed by atoms with Gasteiger partial charge in [-0.3, -0.25) is 0 Å². The van der Waals surface area contributed by atoms with Crippen molar-refractivity contribution < 1.29 is 9.47 Å². The Labute approximate surface area is 120 Å². The molecule has 3 rings (SSSR count). The van der Waals surface area contributed by atoms with E-state index in [0.29, 0.717) is 12.5 Å². The molecule has 1 aromatic heterocycles. The van der Waals surface area contributed by atoms with Crippen molar-refractivity contribution in [3.05, 3.63) is 23.4 Å². The molecule has 1 atom stereocenters. The van der Waals surface area contributed by atoms with Crippen molar-refractivity contribution >= 4 is 0 Å². The minimum atomic E-state index is 0.238. The lowest BCUT2D eigenvalue weighted by Gasteiger charge is -2.22. The molecule has 2 heterocycles. The van der Waals surface area contributed by atoms with E-state index in [-0.39, 0.29) is 6.10 Å². The van der Waals surface area contributed by atoms with Crippen LogP contribution in [0.3, 0.4) is 0 Å². The van der Waals surface area contributed by atoms with Crippen LogP contribution in [0.25, 0.3) is 0 Å². The molecule has 1 saturated carbocycles. The first-order valence-electron chi connectivity index (χ1n) is 7.75. The van der Waals surface area contributed by atoms with Gasteiger partial charge in [0, 0.05) is 31.0 Å². The predicted octanol–water partition coefficient (Wildman–Crippen LogP) is 2.59. The zero-order valence-corrected chi connectivity index (χ0v) is 12.2. The van der Waals surface area contributed by atoms with Gasteiger partial charge in [-0.2, -0.15) is 0 Å². The molecule has 0 aromatic carbocycles. The third-order valence-electron chi connectivity index (χ3n) is 4.02. The number of nitrogens with zero attached hydrogens (tertiary/aromatic N) is 1. The van der Waals surface area contributed by atoms with Gasteiger partial charge in [0.25, 0.3) is 0 Å². The number of pyridine rings is 1. The molecule has 0 bridgehead atoms. The summed E-state index contributed by atoms with van der Waals surface area (Å²) in [4.78, 5) is 4.54. The molecule has 1 unspecified atom stereocenters. The fourth-order valence-corrected chi connectivity index (χ4v) is 2.49. The van der Waals surface area contributed by atoms with Crippen molar-refractivity contribution in [2.75, 3.05) is 13.2 Å². The Kier molecular flexibility index (Phi) is 4.53. The van der Waals surface area contributed by atoms with E-state index in [9.17, 15) is 0 Å². The van der Waals surface area contributed by atoms with Crippen molar-refractivity contribution in [3.63, 3.8) is 0 Å². The number of hydrogen-bond donors (Lipinski definition) is 1. The fourth-order valence-electron chi connectivity index (χ4n) is 2.49. The molecule has 1 saturated heterocycles. The Hall–Kier alpha value is -1.13. The summed E-state index contributed by atoms with van der Waals surface area (Å²) in [5.41, 5.74) is 2.32. The SMILES string of the molecule is Cc1nc(OCC2CCCCO2)ccc1CNC1CC1. The first-order valence-corrected chi connectivity index (χ1v) is 7.75. The van der Waals surface area contributed by atoms with Crippen LogP contribution in [0.5, 0.6) is 5.88 Å². The molecular weight excluding hydrogens is 252 g/mol. The smallest absolute Gasteiger partial charge is 0.213 e. The molecule has 1 aliphatic heterocycles. The van der Waals surface area contributed by atoms with E-state index < -0.39 is 0 Å². The zero-order chi connectivity index (χ0) is 13.8. The third-order valence-corrected chi connectivity index (χ3v) is 4.02. The molecule has 4 nitrogen and oxygen atoms in total. The Morgan fingerprint density at radius 2 is 2.20 bits per heavy atom. The number of aryl methyl sites for hydroxylation is 1. The van der Waals surface area contributed by atoms with Gasteiger partial charge in [-0.15, -0.1) is 0 Å². The van der Waals surface area contributed by atoms with Gasteiger partial charge in [0.15, 0.2) is 0 Å². The van der Waals surface area contributed by atoms with Gasteiger partial charge in [-0.1, -0.05) is 6.07 Å². The maximum absolute atomic E-state index is 5.76. The lowest BCUT2D eigenvalue weighted by atomic mass is 10.1. The van der Waals surface area contributed by atoms with Crippen molar-refractivity contribution in [3.8, 4) is 5.88 Å². The maximum atomic E-state index is 5.76. The van der Waals surface area contributed by atoms with E-state index >= 15 is 0 Å². The highest BCUT2D eigenvalue weighted by atomic mass is 16.5. The van der Waals surface area contributed by atoms with Crippen LogP contribution in [0.1, 0.15) is 43.4 Å². The molecule has 1 aliphatic carbocycles. The van der Waals surface area contributed by atoms with Crippen molar-refractivity contribution in [2.24, 2.45) is 0 Å². The Bertz CT molecular complexity index is 440. The van der Waals surface area contributed by atoms with Gasteiger partial charge in [0.1, 0.15) is 6.61 Å². The summed E-state index contributed by atoms with van der Waals surface area (Å²) < 4.78 is 11.4. The molecule has 2 fully saturated rings. The van der Waals surface area contributed by atoms with E-state index in [4.69, 9.17) is 9.47 Å². The number of ether oxygens (including phenoxy) is 2. The van der Waals surface area contributed by atoms with Crippen LogP contribution in [0.15, 0.2) is 12.1 Å². The molecule has 4 heteroatoms. The number of nitrogens with one attached hydrogen (secondary N) is 1. The molecule has 0 radical (unpaired) electrons. The Balaban J connectivity index is 1.49. The van der Waals surface area contributed by atoms with Crippen LogP contribution in [-0.4, -0.2) is 30.3 Å². The van der Waals surface area contributed by atoms with Crippen LogP contribution < -0.4 is 10.1 Å². The highest BCUT2D eigenvalue weighted by Gasteiger charge is 2.20. The summed E-state index contributed by atoms with van der Waals surface area (Å²) in [7, 11) is 0. The normalized spacial score (nSPS) is 22.8. The summed E-state index contributed by atoms with van der Waals surface area (Å²) in [5, 5.41) is 3.52. The van der Waals surface area contributed by atoms with Gasteiger partial charge in [-0.05, 0) is 44.6 Å². The molecule has 2 aliphatic rings. The van der Waals surface area contributed by atoms with Crippen molar-refractivity contribution in [1.29, 1.82) is 0 Å². The third kappa shape index (κ3) is 3.93. The van der Waals surface area contributed by atoms with E-state index in [0.717, 1.165) is 31.3 Å². The quantitative estimate of drug-likeness (QED) is 0.867. The predicted molar refractivity (Wildman–Crippen MR) is 77.9 cm³/mol. The highest BCUT2D eigenvalue weighted by molar-refractivity contribution is 5.25. The van der Waals surface area contributed by atoms with Gasteiger partial charge in [0.2, 0.25) is 5.88 Å². The second kappa shape index (κ2) is 6.55. The van der Waals surface area contributed by atoms with Gasteiger partial charge in [-0.25, -0.2) is 4.98 Å². The molecule has 1 aromatic rings. The molecule has 110 valence electrons. The van der Waals surface area contributed by atoms with E-state index in [1.165, 1.54) is 31.2 Å². The maximum Gasteiger partial charge on any atom is 0.213 e. The Morgan fingerprint density at radius 1 is 1.30 bits per heavy atom. The van der Waals surface area contributed by atoms with Crippen molar-refractivity contribution in [1.82, 2.24) is 10.3 Å². The second-order valence-electron chi connectivity index (χ2n) is 5.85. The highest BCUT2D eigenvalue weighted by Crippen LogP contribution is 2.20. The van der Waals surface area contributed by atoms with Crippen LogP contribution in [0.2, 0.25) is 0 Å². The molecule has 1 N–H and O–H groups in total. The molecular formula is C16H24N2O2. The fraction of sp³-hybridized carbons (Fsp3) is 0.688. The number of rotatable bonds is 6. The monoisotopic (exact) mass is 276 g/mol. The van der Waals surface area contributed by atoms with Crippen molar-refractivity contribution in [2.45, 2.75) is 57.7 Å². The average Bonchev–Trinajstić information content (AvgIpc) is 3.29. The van der Waals surface area contributed by atoms with E-state index in [1.807, 2.05) is 13.0 Å². The first kappa shape index (κ1) is 13.8. The largest absolute Gasteiger partial charge is 0.475 e. The molecule has 0 spiro atoms. The minimum absolute atomic E-state index is 0.238. The van der Waals surface area contributed by atoms with Gasteiger partial charge < -0.3 is 14.8 Å². The molecule has 20 heavy (non-hydrogen) atoms. The minimum Gasteiger partial charge on any atom is -0.475 e. The topological polar surface area (TPSA) is 43.4 Å². The van der Waals surface area contributed by atoms with E-state index in [1.54, 1.807) is 0 Å². The lowest BCUT2D eigenvalue weighted by molar-refractivity contribution is -0.0119. The number of aromatic nitrogens is 1. The van der Waals surface area contributed by atoms with Crippen LogP contribution in [-0.2, 0) is 11.3 Å². The summed E-state index contributed by atoms with van der Waals surface area (Å²) in [6.07, 6.45) is 6.39. The lowest BCUT2D eigenvalue weighted by Crippen LogP contribution is -2.26. The van der Waals surface area contributed by atoms with Crippen LogP contribution >= 0.6 is 0 Å². The summed E-state index contributed by atoms with van der Waals surface area (Å²) in [6.45, 7) is 4.45. The average molecular weight is 276 g/mol. The van der Waals surface area contributed by atoms with Gasteiger partial charge in [0.05, 0.1) is 6.10 Å². The summed E-state index contributed by atoms with van der Waals surface area (Å²) in [5.74, 6) is 0.715. The van der Waals surface area contributed by atoms with Crippen LogP contribution in [0, 0.1) is 6.92 Å². The zero-order valence-electron chi connectivity index (χ0n) is 12.2. The van der Waals surface area contributed by atoms with Gasteiger partial charge >= 0.3 is 0 Å². The van der Waals surface area contributed by atoms with E-state index in [2.05, 4.69) is 16.4 Å². The first-order chi connectivity index (χ1) is 9.81.